The van der Waals surface area contributed by atoms with E-state index in [1.165, 1.54) is 12.6 Å². The van der Waals surface area contributed by atoms with Crippen LogP contribution >= 0.6 is 0 Å². The van der Waals surface area contributed by atoms with Crippen molar-refractivity contribution in [1.29, 1.82) is 0 Å². The fourth-order valence-electron chi connectivity index (χ4n) is 3.84. The zero-order valence-electron chi connectivity index (χ0n) is 20.8. The van der Waals surface area contributed by atoms with E-state index < -0.39 is 16.1 Å². The Balaban J connectivity index is 1.32. The van der Waals surface area contributed by atoms with Gasteiger partial charge in [0.25, 0.3) is 0 Å². The molecule has 0 saturated heterocycles. The van der Waals surface area contributed by atoms with Crippen molar-refractivity contribution in [2.75, 3.05) is 17.3 Å². The van der Waals surface area contributed by atoms with Gasteiger partial charge in [-0.25, -0.2) is 18.4 Å². The Morgan fingerprint density at radius 1 is 0.919 bits per heavy atom. The van der Waals surface area contributed by atoms with Gasteiger partial charge in [0.2, 0.25) is 0 Å². The molecule has 0 amide bonds. The lowest BCUT2D eigenvalue weighted by molar-refractivity contribution is 0.195. The number of hydrogen-bond donors (Lipinski definition) is 2. The molecule has 3 N–H and O–H groups in total. The number of unbranched alkanes of at least 4 members (excludes halogenated alkanes) is 2. The second-order valence-corrected chi connectivity index (χ2v) is 11.2. The molecule has 0 fully saturated rings. The smallest absolute Gasteiger partial charge is 0.147 e. The fourth-order valence-corrected chi connectivity index (χ4v) is 4.57. The third kappa shape index (κ3) is 8.44. The standard InChI is InChI=1S/C28H32N4O4S/c1-37(33,34)17-7-3-6-10-27(29)36-24-15-16-25-26(18-24)30-20-31-28(25)32-22-11-13-23(14-12-22)35-19-21-8-4-2-5-9-21/h2,4-5,8-9,11-16,18,20,27H,3,6-7,10,17,19,29H2,1H3,(H,30,31,32). The topological polar surface area (TPSA) is 116 Å². The highest BCUT2D eigenvalue weighted by molar-refractivity contribution is 7.90. The van der Waals surface area contributed by atoms with Crippen LogP contribution in [0.4, 0.5) is 11.5 Å². The predicted molar refractivity (Wildman–Crippen MR) is 147 cm³/mol. The summed E-state index contributed by atoms with van der Waals surface area (Å²) in [4.78, 5) is 8.78. The number of sulfone groups is 1. The summed E-state index contributed by atoms with van der Waals surface area (Å²) < 4.78 is 34.2. The van der Waals surface area contributed by atoms with Crippen LogP contribution in [0.2, 0.25) is 0 Å². The van der Waals surface area contributed by atoms with Crippen molar-refractivity contribution in [2.24, 2.45) is 5.73 Å². The summed E-state index contributed by atoms with van der Waals surface area (Å²) >= 11 is 0. The van der Waals surface area contributed by atoms with Crippen LogP contribution in [0.25, 0.3) is 10.9 Å². The number of ether oxygens (including phenoxy) is 2. The molecule has 194 valence electrons. The van der Waals surface area contributed by atoms with Gasteiger partial charge in [0, 0.05) is 29.1 Å². The van der Waals surface area contributed by atoms with Gasteiger partial charge in [-0.05, 0) is 61.2 Å². The Bertz CT molecular complexity index is 1400. The fraction of sp³-hybridized carbons (Fsp3) is 0.286. The average molecular weight is 521 g/mol. The molecule has 1 heterocycles. The van der Waals surface area contributed by atoms with E-state index in [1.54, 1.807) is 0 Å². The first kappa shape index (κ1) is 26.4. The molecule has 1 unspecified atom stereocenters. The van der Waals surface area contributed by atoms with Gasteiger partial charge in [-0.2, -0.15) is 0 Å². The second-order valence-electron chi connectivity index (χ2n) is 8.96. The van der Waals surface area contributed by atoms with Crippen molar-refractivity contribution >= 4 is 32.2 Å². The van der Waals surface area contributed by atoms with Crippen molar-refractivity contribution in [1.82, 2.24) is 9.97 Å². The van der Waals surface area contributed by atoms with Gasteiger partial charge in [0.1, 0.15) is 46.3 Å². The molecule has 3 aromatic carbocycles. The summed E-state index contributed by atoms with van der Waals surface area (Å²) in [6.07, 6.45) is 5.16. The minimum Gasteiger partial charge on any atom is -0.489 e. The summed E-state index contributed by atoms with van der Waals surface area (Å²) in [6, 6.07) is 23.4. The Morgan fingerprint density at radius 2 is 1.68 bits per heavy atom. The van der Waals surface area contributed by atoms with Crippen molar-refractivity contribution < 1.29 is 17.9 Å². The van der Waals surface area contributed by atoms with Crippen LogP contribution in [0.5, 0.6) is 11.5 Å². The van der Waals surface area contributed by atoms with Crippen molar-refractivity contribution in [2.45, 2.75) is 38.5 Å². The van der Waals surface area contributed by atoms with Gasteiger partial charge >= 0.3 is 0 Å². The van der Waals surface area contributed by atoms with Crippen molar-refractivity contribution in [3.8, 4) is 11.5 Å². The van der Waals surface area contributed by atoms with Crippen LogP contribution in [0, 0.1) is 0 Å². The van der Waals surface area contributed by atoms with Gasteiger partial charge in [0.05, 0.1) is 5.52 Å². The van der Waals surface area contributed by atoms with Crippen LogP contribution in [0.15, 0.2) is 79.1 Å². The third-order valence-corrected chi connectivity index (χ3v) is 6.79. The number of anilines is 2. The highest BCUT2D eigenvalue weighted by Gasteiger charge is 2.10. The number of fused-ring (bicyclic) bond motifs is 1. The molecule has 0 saturated carbocycles. The normalized spacial score (nSPS) is 12.3. The van der Waals surface area contributed by atoms with Crippen LogP contribution in [-0.2, 0) is 16.4 Å². The van der Waals surface area contributed by atoms with E-state index in [0.29, 0.717) is 31.0 Å². The number of benzene rings is 3. The molecule has 37 heavy (non-hydrogen) atoms. The van der Waals surface area contributed by atoms with Crippen LogP contribution in [0.3, 0.4) is 0 Å². The largest absolute Gasteiger partial charge is 0.489 e. The highest BCUT2D eigenvalue weighted by Crippen LogP contribution is 2.27. The molecule has 0 bridgehead atoms. The quantitative estimate of drug-likeness (QED) is 0.182. The molecular formula is C28H32N4O4S. The molecule has 9 heteroatoms. The zero-order valence-corrected chi connectivity index (χ0v) is 21.7. The molecular weight excluding hydrogens is 488 g/mol. The minimum absolute atomic E-state index is 0.204. The van der Waals surface area contributed by atoms with Crippen LogP contribution in [0.1, 0.15) is 31.2 Å². The van der Waals surface area contributed by atoms with Gasteiger partial charge in [-0.1, -0.05) is 36.8 Å². The number of rotatable bonds is 13. The number of nitrogens with one attached hydrogen (secondary N) is 1. The molecule has 4 rings (SSSR count). The van der Waals surface area contributed by atoms with Gasteiger partial charge in [-0.15, -0.1) is 0 Å². The van der Waals surface area contributed by atoms with E-state index in [9.17, 15) is 8.42 Å². The second kappa shape index (κ2) is 12.5. The molecule has 8 nitrogen and oxygen atoms in total. The molecule has 4 aromatic rings. The monoisotopic (exact) mass is 520 g/mol. The predicted octanol–water partition coefficient (Wildman–Crippen LogP) is 5.22. The van der Waals surface area contributed by atoms with E-state index in [4.69, 9.17) is 15.2 Å². The minimum atomic E-state index is -2.92. The van der Waals surface area contributed by atoms with Crippen molar-refractivity contribution in [3.63, 3.8) is 0 Å². The maximum Gasteiger partial charge on any atom is 0.147 e. The Morgan fingerprint density at radius 3 is 2.43 bits per heavy atom. The summed E-state index contributed by atoms with van der Waals surface area (Å²) in [6.45, 7) is 0.515. The lowest BCUT2D eigenvalue weighted by Gasteiger charge is -2.15. The Hall–Kier alpha value is -3.69. The lowest BCUT2D eigenvalue weighted by Crippen LogP contribution is -2.26. The number of aromatic nitrogens is 2. The molecule has 0 spiro atoms. The molecule has 0 aliphatic rings. The summed E-state index contributed by atoms with van der Waals surface area (Å²) in [7, 11) is -2.92. The van der Waals surface area contributed by atoms with Gasteiger partial charge < -0.3 is 14.8 Å². The molecule has 0 radical (unpaired) electrons. The van der Waals surface area contributed by atoms with Crippen LogP contribution < -0.4 is 20.5 Å². The van der Waals surface area contributed by atoms with Crippen molar-refractivity contribution in [3.05, 3.63) is 84.7 Å². The summed E-state index contributed by atoms with van der Waals surface area (Å²) in [5, 5.41) is 4.20. The Labute approximate surface area is 217 Å². The van der Waals surface area contributed by atoms with Crippen LogP contribution in [-0.4, -0.2) is 36.6 Å². The van der Waals surface area contributed by atoms with E-state index in [1.807, 2.05) is 72.8 Å². The Kier molecular flexibility index (Phi) is 8.92. The lowest BCUT2D eigenvalue weighted by atomic mass is 10.2. The molecule has 1 aromatic heterocycles. The maximum absolute atomic E-state index is 11.2. The summed E-state index contributed by atoms with van der Waals surface area (Å²) in [5.74, 6) is 2.30. The zero-order chi connectivity index (χ0) is 26.1. The van der Waals surface area contributed by atoms with E-state index >= 15 is 0 Å². The maximum atomic E-state index is 11.2. The third-order valence-electron chi connectivity index (χ3n) is 5.76. The number of nitrogens with two attached hydrogens (primary N) is 1. The van der Waals surface area contributed by atoms with E-state index in [-0.39, 0.29) is 5.75 Å². The first-order valence-electron chi connectivity index (χ1n) is 12.2. The van der Waals surface area contributed by atoms with Gasteiger partial charge in [-0.3, -0.25) is 5.73 Å². The van der Waals surface area contributed by atoms with E-state index in [0.717, 1.165) is 40.7 Å². The molecule has 1 atom stereocenters. The molecule has 0 aliphatic carbocycles. The summed E-state index contributed by atoms with van der Waals surface area (Å²) in [5.41, 5.74) is 8.85. The average Bonchev–Trinajstić information content (AvgIpc) is 2.88. The SMILES string of the molecule is CS(=O)(=O)CCCCCC(N)Oc1ccc2c(Nc3ccc(OCc4ccccc4)cc3)ncnc2c1. The number of hydrogen-bond acceptors (Lipinski definition) is 8. The van der Waals surface area contributed by atoms with Gasteiger partial charge in [0.15, 0.2) is 0 Å². The number of nitrogens with zero attached hydrogens (tertiary/aromatic N) is 2. The first-order chi connectivity index (χ1) is 17.9. The first-order valence-corrected chi connectivity index (χ1v) is 14.3. The van der Waals surface area contributed by atoms with E-state index in [2.05, 4.69) is 15.3 Å². The molecule has 0 aliphatic heterocycles. The highest BCUT2D eigenvalue weighted by atomic mass is 32.2.